The molecule has 1 amide bonds. The molecule has 2 aliphatic carbocycles. The summed E-state index contributed by atoms with van der Waals surface area (Å²) in [7, 11) is -3.29. The number of halogens is 1. The number of nitrogens with zero attached hydrogens (tertiary/aromatic N) is 1. The molecule has 0 fully saturated rings. The molecular formula is C43H57ClN4O6S2. The van der Waals surface area contributed by atoms with Gasteiger partial charge in [0.25, 0.3) is 0 Å². The van der Waals surface area contributed by atoms with Gasteiger partial charge in [0.15, 0.2) is 0 Å². The quantitative estimate of drug-likeness (QED) is 0.124. The summed E-state index contributed by atoms with van der Waals surface area (Å²) in [6, 6.07) is 28.7. The predicted molar refractivity (Wildman–Crippen MR) is 224 cm³/mol. The molecule has 3 N–H and O–H groups in total. The van der Waals surface area contributed by atoms with E-state index >= 15 is 0 Å². The number of aryl methyl sites for hydroxylation is 2. The van der Waals surface area contributed by atoms with E-state index in [0.717, 1.165) is 68.3 Å². The van der Waals surface area contributed by atoms with Crippen molar-refractivity contribution in [1.82, 2.24) is 20.9 Å². The number of carbonyl (C=O) groups is 1. The van der Waals surface area contributed by atoms with Crippen LogP contribution in [0.4, 0.5) is 4.79 Å². The van der Waals surface area contributed by atoms with Crippen LogP contribution in [0.15, 0.2) is 117 Å². The van der Waals surface area contributed by atoms with Gasteiger partial charge in [-0.05, 0) is 137 Å². The zero-order valence-corrected chi connectivity index (χ0v) is 35.5. The lowest BCUT2D eigenvalue weighted by atomic mass is 9.88. The van der Waals surface area contributed by atoms with Crippen LogP contribution >= 0.6 is 12.4 Å². The third-order valence-electron chi connectivity index (χ3n) is 9.89. The molecule has 56 heavy (non-hydrogen) atoms. The Morgan fingerprint density at radius 2 is 1.12 bits per heavy atom. The Hall–Kier alpha value is -3.78. The first kappa shape index (κ1) is 44.9. The molecule has 0 radical (unpaired) electrons. The van der Waals surface area contributed by atoms with E-state index in [1.165, 1.54) is 5.56 Å². The van der Waals surface area contributed by atoms with Gasteiger partial charge in [0, 0.05) is 45.3 Å². The molecule has 0 spiro atoms. The smallest absolute Gasteiger partial charge is 0.410 e. The number of hydrogen-bond acceptors (Lipinski definition) is 9. The minimum atomic E-state index is -3.52. The summed E-state index contributed by atoms with van der Waals surface area (Å²) >= 11 is 0. The largest absolute Gasteiger partial charge is 0.444 e. The van der Waals surface area contributed by atoms with Crippen molar-refractivity contribution in [1.29, 1.82) is 0 Å². The molecule has 304 valence electrons. The first-order chi connectivity index (χ1) is 26.2. The van der Waals surface area contributed by atoms with Crippen LogP contribution < -0.4 is 16.0 Å². The fourth-order valence-corrected chi connectivity index (χ4v) is 9.68. The summed E-state index contributed by atoms with van der Waals surface area (Å²) < 4.78 is 56.9. The second kappa shape index (κ2) is 20.1. The number of likely N-dealkylation sites (N-methyl/N-ethyl adjacent to an activating group) is 2. The number of rotatable bonds is 12. The molecule has 0 heterocycles. The van der Waals surface area contributed by atoms with E-state index in [9.17, 15) is 21.6 Å². The lowest BCUT2D eigenvalue weighted by Gasteiger charge is -2.28. The Morgan fingerprint density at radius 3 is 1.55 bits per heavy atom. The van der Waals surface area contributed by atoms with Crippen molar-refractivity contribution in [3.8, 4) is 0 Å². The molecule has 2 atom stereocenters. The van der Waals surface area contributed by atoms with Crippen LogP contribution in [0, 0.1) is 0 Å². The van der Waals surface area contributed by atoms with Crippen LogP contribution in [-0.2, 0) is 37.3 Å². The number of fused-ring (bicyclic) bond motifs is 2. The maximum absolute atomic E-state index is 12.9. The Labute approximate surface area is 340 Å². The molecule has 2 aliphatic rings. The van der Waals surface area contributed by atoms with E-state index in [1.54, 1.807) is 72.6 Å². The number of benzene rings is 4. The van der Waals surface area contributed by atoms with Gasteiger partial charge >= 0.3 is 6.09 Å². The maximum Gasteiger partial charge on any atom is 0.410 e. The molecule has 4 aromatic carbocycles. The highest BCUT2D eigenvalue weighted by Crippen LogP contribution is 2.34. The van der Waals surface area contributed by atoms with Gasteiger partial charge < -0.3 is 25.6 Å². The molecule has 10 nitrogen and oxygen atoms in total. The van der Waals surface area contributed by atoms with E-state index in [0.29, 0.717) is 38.7 Å². The summed E-state index contributed by atoms with van der Waals surface area (Å²) in [5, 5.41) is 10.2. The monoisotopic (exact) mass is 824 g/mol. The van der Waals surface area contributed by atoms with Crippen molar-refractivity contribution in [3.05, 3.63) is 119 Å². The van der Waals surface area contributed by atoms with E-state index in [2.05, 4.69) is 16.0 Å². The van der Waals surface area contributed by atoms with Gasteiger partial charge in [-0.3, -0.25) is 0 Å². The average Bonchev–Trinajstić information content (AvgIpc) is 3.18. The molecule has 0 saturated carbocycles. The van der Waals surface area contributed by atoms with Gasteiger partial charge in [0.2, 0.25) is 19.7 Å². The van der Waals surface area contributed by atoms with Crippen LogP contribution in [0.3, 0.4) is 0 Å². The third-order valence-corrected chi connectivity index (χ3v) is 13.4. The number of hydrogen-bond donors (Lipinski definition) is 3. The van der Waals surface area contributed by atoms with Crippen LogP contribution in [0.5, 0.6) is 0 Å². The van der Waals surface area contributed by atoms with Crippen molar-refractivity contribution in [2.45, 2.75) is 96.6 Å². The van der Waals surface area contributed by atoms with Gasteiger partial charge in [-0.2, -0.15) is 0 Å². The molecular weight excluding hydrogens is 768 g/mol. The molecule has 0 aromatic heterocycles. The number of nitrogens with one attached hydrogen (secondary N) is 3. The van der Waals surface area contributed by atoms with E-state index in [1.807, 2.05) is 64.2 Å². The number of ether oxygens (including phenoxy) is 1. The molecule has 4 aromatic rings. The van der Waals surface area contributed by atoms with Gasteiger partial charge in [-0.25, -0.2) is 21.6 Å². The summed E-state index contributed by atoms with van der Waals surface area (Å²) in [5.41, 5.74) is 4.09. The van der Waals surface area contributed by atoms with Crippen LogP contribution in [-0.4, -0.2) is 73.7 Å². The Morgan fingerprint density at radius 1 is 0.679 bits per heavy atom. The summed E-state index contributed by atoms with van der Waals surface area (Å²) in [6.45, 7) is 8.54. The standard InChI is InChI=1S/C24H32N2O4S.C19H24N2O2S.ClH/c1-24(2,3)30-23(27)26(4)16-15-25-22-12-8-9-18-17-20(13-14-21(18)22)31(28,29)19-10-6-5-7-11-19;1-20-12-13-21-19-9-5-6-15-14-17(10-11-18(15)19)24(22,23)16-7-3-2-4-8-16;/h5-7,10-11,13-14,17,22,25H,8-9,12,15-16H2,1-4H3;2-4,7-8,10-11,14,19-21H,5-6,9,12-13H2,1H3;1H. The highest BCUT2D eigenvalue weighted by atomic mass is 35.5. The second-order valence-corrected chi connectivity index (χ2v) is 19.1. The van der Waals surface area contributed by atoms with Crippen molar-refractivity contribution >= 4 is 38.2 Å². The topological polar surface area (TPSA) is 134 Å². The van der Waals surface area contributed by atoms with Gasteiger partial charge in [-0.1, -0.05) is 48.5 Å². The minimum Gasteiger partial charge on any atom is -0.444 e. The molecule has 0 aliphatic heterocycles. The minimum absolute atomic E-state index is 0. The summed E-state index contributed by atoms with van der Waals surface area (Å²) in [6.07, 6.45) is 5.62. The predicted octanol–water partition coefficient (Wildman–Crippen LogP) is 7.48. The first-order valence-electron chi connectivity index (χ1n) is 19.1. The number of sulfone groups is 2. The zero-order valence-electron chi connectivity index (χ0n) is 33.1. The van der Waals surface area contributed by atoms with Crippen molar-refractivity contribution < 1.29 is 26.4 Å². The lowest BCUT2D eigenvalue weighted by molar-refractivity contribution is 0.0299. The molecule has 13 heteroatoms. The third kappa shape index (κ3) is 11.6. The van der Waals surface area contributed by atoms with Crippen LogP contribution in [0.2, 0.25) is 0 Å². The van der Waals surface area contributed by atoms with Gasteiger partial charge in [-0.15, -0.1) is 12.4 Å². The Bertz CT molecular complexity index is 2110. The van der Waals surface area contributed by atoms with Crippen molar-refractivity contribution in [2.24, 2.45) is 0 Å². The van der Waals surface area contributed by atoms with E-state index in [-0.39, 0.29) is 24.5 Å². The lowest BCUT2D eigenvalue weighted by Crippen LogP contribution is -2.39. The fraction of sp³-hybridized carbons (Fsp3) is 0.419. The van der Waals surface area contributed by atoms with Crippen molar-refractivity contribution in [2.75, 3.05) is 40.3 Å². The Balaban J connectivity index is 0.000000252. The molecule has 6 rings (SSSR count). The van der Waals surface area contributed by atoms with Crippen LogP contribution in [0.25, 0.3) is 0 Å². The fourth-order valence-electron chi connectivity index (χ4n) is 7.02. The molecule has 0 bridgehead atoms. The Kier molecular flexibility index (Phi) is 16.1. The zero-order chi connectivity index (χ0) is 39.6. The second-order valence-electron chi connectivity index (χ2n) is 15.2. The molecule has 0 saturated heterocycles. The van der Waals surface area contributed by atoms with Crippen LogP contribution in [0.1, 0.15) is 80.8 Å². The highest BCUT2D eigenvalue weighted by Gasteiger charge is 2.26. The average molecular weight is 826 g/mol. The first-order valence-corrected chi connectivity index (χ1v) is 22.1. The normalized spacial score (nSPS) is 16.6. The summed E-state index contributed by atoms with van der Waals surface area (Å²) in [5.74, 6) is 0. The van der Waals surface area contributed by atoms with Gasteiger partial charge in [0.1, 0.15) is 5.60 Å². The number of carbonyl (C=O) groups excluding carboxylic acids is 1. The number of amides is 1. The summed E-state index contributed by atoms with van der Waals surface area (Å²) in [4.78, 5) is 15.1. The maximum atomic E-state index is 12.9. The highest BCUT2D eigenvalue weighted by molar-refractivity contribution is 7.91. The van der Waals surface area contributed by atoms with E-state index < -0.39 is 25.3 Å². The van der Waals surface area contributed by atoms with Crippen molar-refractivity contribution in [3.63, 3.8) is 0 Å². The molecule has 2 unspecified atom stereocenters. The van der Waals surface area contributed by atoms with Gasteiger partial charge in [0.05, 0.1) is 19.6 Å². The SMILES string of the molecule is CN(CCNC1CCCc2cc(S(=O)(=O)c3ccccc3)ccc21)C(=O)OC(C)(C)C.CNCCNC1CCCc2cc(S(=O)(=O)c3ccccc3)ccc21.Cl. The van der Waals surface area contributed by atoms with E-state index in [4.69, 9.17) is 4.74 Å².